The second-order valence-corrected chi connectivity index (χ2v) is 6.34. The van der Waals surface area contributed by atoms with Crippen LogP contribution in [0.1, 0.15) is 24.2 Å². The van der Waals surface area contributed by atoms with Crippen molar-refractivity contribution >= 4 is 40.7 Å². The van der Waals surface area contributed by atoms with E-state index in [-0.39, 0.29) is 23.6 Å². The van der Waals surface area contributed by atoms with Crippen molar-refractivity contribution in [3.05, 3.63) is 58.1 Å². The molecule has 2 amide bonds. The van der Waals surface area contributed by atoms with E-state index >= 15 is 0 Å². The number of para-hydroxylation sites is 2. The first-order chi connectivity index (χ1) is 11.9. The third-order valence-corrected chi connectivity index (χ3v) is 3.85. The fraction of sp³-hybridized carbons (Fsp3) is 0.222. The first-order valence-electron chi connectivity index (χ1n) is 7.65. The number of benzene rings is 2. The molecule has 0 heterocycles. The lowest BCUT2D eigenvalue weighted by molar-refractivity contribution is -0.115. The van der Waals surface area contributed by atoms with Crippen molar-refractivity contribution in [1.29, 1.82) is 0 Å². The number of nitrogens with one attached hydrogen (secondary N) is 2. The van der Waals surface area contributed by atoms with Crippen molar-refractivity contribution in [2.75, 3.05) is 11.9 Å². The lowest BCUT2D eigenvalue weighted by atomic mass is 10.2. The summed E-state index contributed by atoms with van der Waals surface area (Å²) < 4.78 is 5.64. The van der Waals surface area contributed by atoms with E-state index in [1.165, 1.54) is 18.2 Å². The second-order valence-electron chi connectivity index (χ2n) is 5.52. The highest BCUT2D eigenvalue weighted by Gasteiger charge is 2.12. The quantitative estimate of drug-likeness (QED) is 0.790. The van der Waals surface area contributed by atoms with Crippen molar-refractivity contribution in [3.8, 4) is 5.75 Å². The number of rotatable bonds is 6. The number of anilines is 1. The van der Waals surface area contributed by atoms with Crippen LogP contribution in [0.4, 0.5) is 5.69 Å². The zero-order chi connectivity index (χ0) is 18.4. The summed E-state index contributed by atoms with van der Waals surface area (Å²) in [5.74, 6) is -0.213. The molecule has 0 bridgehead atoms. The lowest BCUT2D eigenvalue weighted by Gasteiger charge is -2.15. The molecule has 2 aromatic rings. The maximum Gasteiger partial charge on any atom is 0.251 e. The number of ether oxygens (including phenoxy) is 1. The molecule has 0 aromatic heterocycles. The molecule has 0 radical (unpaired) electrons. The van der Waals surface area contributed by atoms with Crippen molar-refractivity contribution in [1.82, 2.24) is 5.32 Å². The van der Waals surface area contributed by atoms with Crippen LogP contribution in [-0.2, 0) is 4.79 Å². The number of hydrogen-bond donors (Lipinski definition) is 2. The Kier molecular flexibility index (Phi) is 6.67. The van der Waals surface area contributed by atoms with Gasteiger partial charge in [-0.2, -0.15) is 0 Å². The number of halogens is 2. The van der Waals surface area contributed by atoms with E-state index in [4.69, 9.17) is 27.9 Å². The van der Waals surface area contributed by atoms with Crippen LogP contribution in [0.25, 0.3) is 0 Å². The molecule has 0 aliphatic rings. The first-order valence-corrected chi connectivity index (χ1v) is 8.41. The normalized spacial score (nSPS) is 10.4. The Morgan fingerprint density at radius 3 is 2.48 bits per heavy atom. The predicted octanol–water partition coefficient (Wildman–Crippen LogP) is 4.15. The van der Waals surface area contributed by atoms with Crippen molar-refractivity contribution in [2.24, 2.45) is 0 Å². The molecular formula is C18H18Cl2N2O3. The van der Waals surface area contributed by atoms with Crippen LogP contribution in [0, 0.1) is 0 Å². The molecule has 2 N–H and O–H groups in total. The summed E-state index contributed by atoms with van der Waals surface area (Å²) in [5.41, 5.74) is 0.871. The van der Waals surface area contributed by atoms with Gasteiger partial charge in [-0.05, 0) is 44.2 Å². The average Bonchev–Trinajstić information content (AvgIpc) is 2.56. The fourth-order valence-electron chi connectivity index (χ4n) is 2.02. The smallest absolute Gasteiger partial charge is 0.251 e. The van der Waals surface area contributed by atoms with Gasteiger partial charge in [-0.25, -0.2) is 0 Å². The Labute approximate surface area is 156 Å². The fourth-order valence-corrected chi connectivity index (χ4v) is 2.32. The van der Waals surface area contributed by atoms with Crippen LogP contribution in [0.15, 0.2) is 42.5 Å². The third-order valence-electron chi connectivity index (χ3n) is 3.12. The van der Waals surface area contributed by atoms with Crippen LogP contribution in [0.3, 0.4) is 0 Å². The molecule has 0 saturated heterocycles. The molecule has 0 spiro atoms. The summed E-state index contributed by atoms with van der Waals surface area (Å²) in [5, 5.41) is 5.89. The Morgan fingerprint density at radius 2 is 1.80 bits per heavy atom. The molecule has 0 aliphatic heterocycles. The number of hydrogen-bond acceptors (Lipinski definition) is 3. The molecule has 7 heteroatoms. The Morgan fingerprint density at radius 1 is 1.08 bits per heavy atom. The molecule has 0 fully saturated rings. The maximum absolute atomic E-state index is 12.1. The zero-order valence-electron chi connectivity index (χ0n) is 13.8. The number of carbonyl (C=O) groups is 2. The van der Waals surface area contributed by atoms with Gasteiger partial charge in [-0.15, -0.1) is 0 Å². The predicted molar refractivity (Wildman–Crippen MR) is 99.6 cm³/mol. The van der Waals surface area contributed by atoms with E-state index in [9.17, 15) is 9.59 Å². The third kappa shape index (κ3) is 5.66. The highest BCUT2D eigenvalue weighted by Crippen LogP contribution is 2.25. The molecule has 25 heavy (non-hydrogen) atoms. The molecular weight excluding hydrogens is 363 g/mol. The largest absolute Gasteiger partial charge is 0.489 e. The van der Waals surface area contributed by atoms with E-state index < -0.39 is 5.91 Å². The van der Waals surface area contributed by atoms with Gasteiger partial charge in [0.15, 0.2) is 0 Å². The maximum atomic E-state index is 12.1. The van der Waals surface area contributed by atoms with Crippen LogP contribution in [0.2, 0.25) is 10.0 Å². The number of amides is 2. The minimum Gasteiger partial charge on any atom is -0.489 e. The van der Waals surface area contributed by atoms with Crippen molar-refractivity contribution < 1.29 is 14.3 Å². The molecule has 2 rings (SSSR count). The first kappa shape index (κ1) is 19.1. The highest BCUT2D eigenvalue weighted by atomic mass is 35.5. The average molecular weight is 381 g/mol. The molecule has 0 atom stereocenters. The monoisotopic (exact) mass is 380 g/mol. The van der Waals surface area contributed by atoms with Gasteiger partial charge in [0.1, 0.15) is 5.75 Å². The minimum atomic E-state index is -0.416. The Balaban J connectivity index is 1.94. The molecule has 0 unspecified atom stereocenters. The van der Waals surface area contributed by atoms with E-state index in [1.807, 2.05) is 19.9 Å². The van der Waals surface area contributed by atoms with Gasteiger partial charge in [0.25, 0.3) is 5.91 Å². The van der Waals surface area contributed by atoms with Crippen molar-refractivity contribution in [3.63, 3.8) is 0 Å². The van der Waals surface area contributed by atoms with Gasteiger partial charge >= 0.3 is 0 Å². The summed E-state index contributed by atoms with van der Waals surface area (Å²) in [6, 6.07) is 11.6. The van der Waals surface area contributed by atoms with Gasteiger partial charge in [0.2, 0.25) is 5.91 Å². The standard InChI is InChI=1S/C18H18Cl2N2O3/c1-11(2)25-16-6-4-3-5-15(16)22-17(23)10-21-18(24)12-7-8-13(19)14(20)9-12/h3-9,11H,10H2,1-2H3,(H,21,24)(H,22,23). The van der Waals surface area contributed by atoms with Gasteiger partial charge in [-0.1, -0.05) is 35.3 Å². The van der Waals surface area contributed by atoms with E-state index in [0.717, 1.165) is 0 Å². The number of carbonyl (C=O) groups excluding carboxylic acids is 2. The molecule has 2 aromatic carbocycles. The van der Waals surface area contributed by atoms with Gasteiger partial charge in [-0.3, -0.25) is 9.59 Å². The Hall–Kier alpha value is -2.24. The summed E-state index contributed by atoms with van der Waals surface area (Å²) in [6.07, 6.45) is -0.0209. The highest BCUT2D eigenvalue weighted by molar-refractivity contribution is 6.42. The molecule has 5 nitrogen and oxygen atoms in total. The summed E-state index contributed by atoms with van der Waals surface area (Å²) in [6.45, 7) is 3.61. The second kappa shape index (κ2) is 8.74. The van der Waals surface area contributed by atoms with E-state index in [2.05, 4.69) is 10.6 Å². The van der Waals surface area contributed by atoms with Gasteiger partial charge < -0.3 is 15.4 Å². The van der Waals surface area contributed by atoms with Crippen molar-refractivity contribution in [2.45, 2.75) is 20.0 Å². The van der Waals surface area contributed by atoms with Crippen LogP contribution in [-0.4, -0.2) is 24.5 Å². The molecule has 132 valence electrons. The summed E-state index contributed by atoms with van der Waals surface area (Å²) in [7, 11) is 0. The minimum absolute atomic E-state index is 0.0209. The summed E-state index contributed by atoms with van der Waals surface area (Å²) in [4.78, 5) is 24.1. The van der Waals surface area contributed by atoms with Gasteiger partial charge in [0.05, 0.1) is 28.4 Å². The molecule has 0 saturated carbocycles. The van der Waals surface area contributed by atoms with Gasteiger partial charge in [0, 0.05) is 5.56 Å². The SMILES string of the molecule is CC(C)Oc1ccccc1NC(=O)CNC(=O)c1ccc(Cl)c(Cl)c1. The van der Waals surface area contributed by atoms with Crippen LogP contribution >= 0.6 is 23.2 Å². The topological polar surface area (TPSA) is 67.4 Å². The lowest BCUT2D eigenvalue weighted by Crippen LogP contribution is -2.33. The van der Waals surface area contributed by atoms with E-state index in [1.54, 1.807) is 18.2 Å². The summed E-state index contributed by atoms with van der Waals surface area (Å²) >= 11 is 11.7. The zero-order valence-corrected chi connectivity index (χ0v) is 15.3. The van der Waals surface area contributed by atoms with Crippen LogP contribution in [0.5, 0.6) is 5.75 Å². The van der Waals surface area contributed by atoms with Crippen LogP contribution < -0.4 is 15.4 Å². The van der Waals surface area contributed by atoms with E-state index in [0.29, 0.717) is 22.0 Å². The Bertz CT molecular complexity index is 779. The molecule has 0 aliphatic carbocycles.